The van der Waals surface area contributed by atoms with Gasteiger partial charge in [0.15, 0.2) is 0 Å². The Balaban J connectivity index is 1.46. The van der Waals surface area contributed by atoms with Crippen molar-refractivity contribution in [3.05, 3.63) is 95.2 Å². The van der Waals surface area contributed by atoms with E-state index in [9.17, 15) is 9.18 Å². The smallest absolute Gasteiger partial charge is 0.255 e. The number of aryl methyl sites for hydroxylation is 2. The quantitative estimate of drug-likeness (QED) is 0.488. The monoisotopic (exact) mass is 402 g/mol. The molecule has 0 aliphatic carbocycles. The van der Waals surface area contributed by atoms with Gasteiger partial charge in [0.1, 0.15) is 11.8 Å². The normalized spacial score (nSPS) is 12.1. The summed E-state index contributed by atoms with van der Waals surface area (Å²) in [6, 6.07) is 15.8. The fourth-order valence-corrected chi connectivity index (χ4v) is 3.49. The van der Waals surface area contributed by atoms with E-state index in [2.05, 4.69) is 22.2 Å². The average Bonchev–Trinajstić information content (AvgIpc) is 3.10. The standard InChI is InChI=1S/C24H23FN4O/c1-3-22-16(2)29-15-20(11-12-23(29)28-22)27-24(30)18-9-7-17(8-10-18)21(25)14-19-6-4-5-13-26-19/h4-13,15,21H,3,14H2,1-2H3,(H,27,30). The molecule has 30 heavy (non-hydrogen) atoms. The number of amides is 1. The molecule has 1 atom stereocenters. The van der Waals surface area contributed by atoms with Crippen molar-refractivity contribution in [2.75, 3.05) is 5.32 Å². The summed E-state index contributed by atoms with van der Waals surface area (Å²) in [5.74, 6) is -0.241. The molecule has 0 saturated carbocycles. The van der Waals surface area contributed by atoms with Crippen molar-refractivity contribution < 1.29 is 9.18 Å². The predicted molar refractivity (Wildman–Crippen MR) is 115 cm³/mol. The minimum absolute atomic E-state index is 0.205. The number of benzene rings is 1. The third-order valence-corrected chi connectivity index (χ3v) is 5.20. The number of aromatic nitrogens is 3. The molecule has 1 N–H and O–H groups in total. The van der Waals surface area contributed by atoms with Crippen LogP contribution in [0.15, 0.2) is 67.0 Å². The van der Waals surface area contributed by atoms with E-state index in [0.717, 1.165) is 23.5 Å². The molecule has 0 radical (unpaired) electrons. The predicted octanol–water partition coefficient (Wildman–Crippen LogP) is 5.11. The largest absolute Gasteiger partial charge is 0.321 e. The molecule has 4 rings (SSSR count). The number of anilines is 1. The molecule has 1 aromatic carbocycles. The number of carbonyl (C=O) groups excluding carboxylic acids is 1. The Labute approximate surface area is 174 Å². The molecule has 0 spiro atoms. The van der Waals surface area contributed by atoms with E-state index in [1.54, 1.807) is 42.6 Å². The molecule has 3 heterocycles. The summed E-state index contributed by atoms with van der Waals surface area (Å²) in [4.78, 5) is 21.4. The molecule has 0 bridgehead atoms. The number of hydrogen-bond acceptors (Lipinski definition) is 3. The molecule has 3 aromatic heterocycles. The summed E-state index contributed by atoms with van der Waals surface area (Å²) in [6.07, 6.45) is 3.42. The van der Waals surface area contributed by atoms with Gasteiger partial charge >= 0.3 is 0 Å². The fourth-order valence-electron chi connectivity index (χ4n) is 3.49. The van der Waals surface area contributed by atoms with E-state index in [-0.39, 0.29) is 12.3 Å². The third kappa shape index (κ3) is 4.08. The minimum atomic E-state index is -1.17. The number of alkyl halides is 1. The number of imidazole rings is 1. The Kier molecular flexibility index (Phi) is 5.57. The van der Waals surface area contributed by atoms with Gasteiger partial charge in [0, 0.05) is 35.8 Å². The van der Waals surface area contributed by atoms with E-state index in [1.807, 2.05) is 35.7 Å². The van der Waals surface area contributed by atoms with Crippen molar-refractivity contribution in [3.8, 4) is 0 Å². The van der Waals surface area contributed by atoms with E-state index in [4.69, 9.17) is 0 Å². The van der Waals surface area contributed by atoms with E-state index in [1.165, 1.54) is 0 Å². The summed E-state index contributed by atoms with van der Waals surface area (Å²) in [5, 5.41) is 2.90. The number of halogens is 1. The van der Waals surface area contributed by atoms with Gasteiger partial charge in [-0.15, -0.1) is 0 Å². The molecule has 1 amide bonds. The second kappa shape index (κ2) is 8.45. The van der Waals surface area contributed by atoms with Gasteiger partial charge in [0.2, 0.25) is 0 Å². The molecule has 6 heteroatoms. The molecule has 0 saturated heterocycles. The Morgan fingerprint density at radius 1 is 1.13 bits per heavy atom. The average molecular weight is 402 g/mol. The molecule has 0 fully saturated rings. The van der Waals surface area contributed by atoms with Gasteiger partial charge in [0.05, 0.1) is 11.4 Å². The van der Waals surface area contributed by atoms with Crippen LogP contribution in [0, 0.1) is 6.92 Å². The maximum absolute atomic E-state index is 14.6. The highest BCUT2D eigenvalue weighted by molar-refractivity contribution is 6.04. The molecule has 5 nitrogen and oxygen atoms in total. The molecule has 152 valence electrons. The maximum Gasteiger partial charge on any atom is 0.255 e. The lowest BCUT2D eigenvalue weighted by atomic mass is 10.0. The Morgan fingerprint density at radius 2 is 1.93 bits per heavy atom. The van der Waals surface area contributed by atoms with Crippen molar-refractivity contribution in [2.45, 2.75) is 32.9 Å². The van der Waals surface area contributed by atoms with Crippen LogP contribution in [0.2, 0.25) is 0 Å². The molecule has 0 aliphatic rings. The SMILES string of the molecule is CCc1nc2ccc(NC(=O)c3ccc(C(F)Cc4ccccn4)cc3)cn2c1C. The van der Waals surface area contributed by atoms with Crippen molar-refractivity contribution in [2.24, 2.45) is 0 Å². The summed E-state index contributed by atoms with van der Waals surface area (Å²) in [5.41, 5.74) is 5.34. The molecular weight excluding hydrogens is 379 g/mol. The summed E-state index contributed by atoms with van der Waals surface area (Å²) >= 11 is 0. The Bertz CT molecular complexity index is 1170. The van der Waals surface area contributed by atoms with Crippen LogP contribution in [0.3, 0.4) is 0 Å². The van der Waals surface area contributed by atoms with Crippen LogP contribution in [0.25, 0.3) is 5.65 Å². The van der Waals surface area contributed by atoms with Gasteiger partial charge in [-0.3, -0.25) is 9.78 Å². The van der Waals surface area contributed by atoms with Crippen LogP contribution in [0.1, 0.15) is 46.1 Å². The molecule has 0 aliphatic heterocycles. The first kappa shape index (κ1) is 19.8. The van der Waals surface area contributed by atoms with Crippen molar-refractivity contribution in [1.82, 2.24) is 14.4 Å². The summed E-state index contributed by atoms with van der Waals surface area (Å²) in [7, 11) is 0. The Hall–Kier alpha value is -3.54. The van der Waals surface area contributed by atoms with Gasteiger partial charge in [-0.1, -0.05) is 25.1 Å². The van der Waals surface area contributed by atoms with Crippen LogP contribution < -0.4 is 5.32 Å². The number of rotatable bonds is 6. The number of carbonyl (C=O) groups is 1. The van der Waals surface area contributed by atoms with Crippen LogP contribution in [0.4, 0.5) is 10.1 Å². The summed E-state index contributed by atoms with van der Waals surface area (Å²) < 4.78 is 16.5. The highest BCUT2D eigenvalue weighted by atomic mass is 19.1. The summed E-state index contributed by atoms with van der Waals surface area (Å²) in [6.45, 7) is 4.08. The lowest BCUT2D eigenvalue weighted by molar-refractivity contribution is 0.102. The first-order valence-electron chi connectivity index (χ1n) is 9.98. The first-order valence-corrected chi connectivity index (χ1v) is 9.98. The van der Waals surface area contributed by atoms with Crippen LogP contribution in [-0.2, 0) is 12.8 Å². The van der Waals surface area contributed by atoms with E-state index >= 15 is 0 Å². The van der Waals surface area contributed by atoms with Crippen LogP contribution in [0.5, 0.6) is 0 Å². The molecular formula is C24H23FN4O. The lowest BCUT2D eigenvalue weighted by Crippen LogP contribution is -2.12. The van der Waals surface area contributed by atoms with Gasteiger partial charge in [-0.05, 0) is 55.3 Å². The maximum atomic E-state index is 14.6. The molecule has 4 aromatic rings. The molecule has 1 unspecified atom stereocenters. The first-order chi connectivity index (χ1) is 14.5. The van der Waals surface area contributed by atoms with E-state index in [0.29, 0.717) is 22.5 Å². The Morgan fingerprint density at radius 3 is 2.63 bits per heavy atom. The highest BCUT2D eigenvalue weighted by Gasteiger charge is 2.14. The van der Waals surface area contributed by atoms with Crippen molar-refractivity contribution >= 4 is 17.2 Å². The highest BCUT2D eigenvalue weighted by Crippen LogP contribution is 2.22. The van der Waals surface area contributed by atoms with E-state index < -0.39 is 6.17 Å². The van der Waals surface area contributed by atoms with Gasteiger partial charge in [-0.25, -0.2) is 9.37 Å². The zero-order valence-electron chi connectivity index (χ0n) is 17.0. The third-order valence-electron chi connectivity index (χ3n) is 5.20. The number of fused-ring (bicyclic) bond motifs is 1. The van der Waals surface area contributed by atoms with Crippen molar-refractivity contribution in [3.63, 3.8) is 0 Å². The van der Waals surface area contributed by atoms with Crippen LogP contribution >= 0.6 is 0 Å². The zero-order valence-corrected chi connectivity index (χ0v) is 17.0. The number of hydrogen-bond donors (Lipinski definition) is 1. The fraction of sp³-hybridized carbons (Fsp3) is 0.208. The second-order valence-corrected chi connectivity index (χ2v) is 7.21. The number of nitrogens with one attached hydrogen (secondary N) is 1. The lowest BCUT2D eigenvalue weighted by Gasteiger charge is -2.10. The minimum Gasteiger partial charge on any atom is -0.321 e. The second-order valence-electron chi connectivity index (χ2n) is 7.21. The number of nitrogens with zero attached hydrogens (tertiary/aromatic N) is 3. The van der Waals surface area contributed by atoms with Crippen LogP contribution in [-0.4, -0.2) is 20.3 Å². The van der Waals surface area contributed by atoms with Crippen molar-refractivity contribution in [1.29, 1.82) is 0 Å². The zero-order chi connectivity index (χ0) is 21.1. The van der Waals surface area contributed by atoms with Gasteiger partial charge in [-0.2, -0.15) is 0 Å². The van der Waals surface area contributed by atoms with Gasteiger partial charge in [0.25, 0.3) is 5.91 Å². The van der Waals surface area contributed by atoms with Gasteiger partial charge < -0.3 is 9.72 Å². The number of pyridine rings is 2. The topological polar surface area (TPSA) is 59.3 Å².